The Bertz CT molecular complexity index is 611. The van der Waals surface area contributed by atoms with E-state index in [9.17, 15) is 0 Å². The van der Waals surface area contributed by atoms with Gasteiger partial charge in [0.2, 0.25) is 0 Å². The fourth-order valence-electron chi connectivity index (χ4n) is 0.800. The number of nitrogens with two attached hydrogens (primary N) is 2. The van der Waals surface area contributed by atoms with Crippen LogP contribution >= 0.6 is 0 Å². The van der Waals surface area contributed by atoms with Gasteiger partial charge in [0.1, 0.15) is 0 Å². The van der Waals surface area contributed by atoms with Crippen LogP contribution in [0.5, 0.6) is 0 Å². The molecule has 0 aliphatic carbocycles. The van der Waals surface area contributed by atoms with E-state index in [-0.39, 0.29) is 5.48 Å². The Balaban J connectivity index is -0.000000282. The molecule has 0 aromatic carbocycles. The van der Waals surface area contributed by atoms with Gasteiger partial charge >= 0.3 is 11.9 Å². The van der Waals surface area contributed by atoms with Crippen LogP contribution in [0.25, 0.3) is 0 Å². The van der Waals surface area contributed by atoms with Crippen molar-refractivity contribution in [3.8, 4) is 0 Å². The Morgan fingerprint density at radius 2 is 0.889 bits per heavy atom. The summed E-state index contributed by atoms with van der Waals surface area (Å²) < 4.78 is 0. The second-order valence-corrected chi connectivity index (χ2v) is 3.85. The van der Waals surface area contributed by atoms with Crippen molar-refractivity contribution in [3.05, 3.63) is 49.1 Å². The van der Waals surface area contributed by atoms with Crippen LogP contribution in [0, 0.1) is 0 Å². The third-order valence-electron chi connectivity index (χ3n) is 1.84. The maximum atomic E-state index is 9.04. The molecule has 0 saturated heterocycles. The van der Waals surface area contributed by atoms with Crippen molar-refractivity contribution in [1.29, 1.82) is 0 Å². The molecule has 0 fully saturated rings. The molecule has 0 atom stereocenters. The minimum atomic E-state index is -2.07. The maximum absolute atomic E-state index is 9.04. The summed E-state index contributed by atoms with van der Waals surface area (Å²) in [5.74, 6) is -8.02. The van der Waals surface area contributed by atoms with Gasteiger partial charge in [-0.2, -0.15) is 0 Å². The van der Waals surface area contributed by atoms with Gasteiger partial charge in [0.15, 0.2) is 36.7 Å². The standard InChI is InChI=1S/2C5H6N2.2C2H2O4.H2O/c2*6-5-1-3-7-4-2-5;2*3-1(4)2(5)6;/h2*1-4H,(H2,6,7);2*(H,3,4)(H,5,6);1H2. The van der Waals surface area contributed by atoms with Gasteiger partial charge in [-0.1, -0.05) is 0 Å². The molecular formula is C14H18N4O9. The third-order valence-corrected chi connectivity index (χ3v) is 1.84. The van der Waals surface area contributed by atoms with E-state index in [0.29, 0.717) is 0 Å². The number of anilines is 2. The molecule has 10 N–H and O–H groups in total. The summed E-state index contributed by atoms with van der Waals surface area (Å²) in [5.41, 5.74) is 12.3. The van der Waals surface area contributed by atoms with Crippen molar-refractivity contribution < 1.29 is 55.0 Å². The van der Waals surface area contributed by atoms with Crippen molar-refractivity contribution in [2.24, 2.45) is 0 Å². The molecule has 13 nitrogen and oxygen atoms in total. The average Bonchev–Trinajstić information content (AvgIpc) is 2.58. The first kappa shape index (κ1) is 27.6. The monoisotopic (exact) mass is 386 g/mol. The minimum Gasteiger partial charge on any atom is -0.539 e. The van der Waals surface area contributed by atoms with Gasteiger partial charge in [-0.3, -0.25) is 0 Å². The van der Waals surface area contributed by atoms with Crippen molar-refractivity contribution in [1.82, 2.24) is 0 Å². The third kappa shape index (κ3) is 21.7. The lowest BCUT2D eigenvalue weighted by Gasteiger charge is -1.85. The van der Waals surface area contributed by atoms with Crippen molar-refractivity contribution in [2.75, 3.05) is 11.5 Å². The first-order valence-electron chi connectivity index (χ1n) is 6.39. The molecule has 0 unspecified atom stereocenters. The number of aliphatic carboxylic acids is 4. The normalized spacial score (nSPS) is 7.70. The summed E-state index contributed by atoms with van der Waals surface area (Å²) in [6.45, 7) is 0. The summed E-state index contributed by atoms with van der Waals surface area (Å²) in [7, 11) is 0. The number of aromatic nitrogens is 2. The molecule has 0 amide bonds. The van der Waals surface area contributed by atoms with Crippen LogP contribution in [0.3, 0.4) is 0 Å². The second kappa shape index (κ2) is 16.6. The van der Waals surface area contributed by atoms with Crippen molar-refractivity contribution >= 4 is 35.3 Å². The molecule has 148 valence electrons. The molecule has 13 heteroatoms. The number of pyridine rings is 2. The summed E-state index contributed by atoms with van der Waals surface area (Å²) >= 11 is 0. The topological polar surface area (TPSA) is 267 Å². The van der Waals surface area contributed by atoms with Crippen LogP contribution in [0.1, 0.15) is 0 Å². The van der Waals surface area contributed by atoms with E-state index >= 15 is 0 Å². The molecule has 2 aromatic rings. The van der Waals surface area contributed by atoms with Crippen LogP contribution in [0.4, 0.5) is 11.4 Å². The van der Waals surface area contributed by atoms with Gasteiger partial charge in [0.25, 0.3) is 0 Å². The number of H-pyrrole nitrogens is 2. The van der Waals surface area contributed by atoms with Crippen molar-refractivity contribution in [3.63, 3.8) is 0 Å². The van der Waals surface area contributed by atoms with Crippen molar-refractivity contribution in [2.45, 2.75) is 0 Å². The summed E-state index contributed by atoms with van der Waals surface area (Å²) in [6.07, 6.45) is 7.15. The van der Waals surface area contributed by atoms with Crippen LogP contribution in [0.15, 0.2) is 49.1 Å². The highest BCUT2D eigenvalue weighted by molar-refractivity contribution is 6.26. The maximum Gasteiger partial charge on any atom is 0.351 e. The van der Waals surface area contributed by atoms with Gasteiger partial charge in [-0.15, -0.1) is 0 Å². The zero-order valence-corrected chi connectivity index (χ0v) is 13.6. The molecule has 2 heterocycles. The molecule has 27 heavy (non-hydrogen) atoms. The molecular weight excluding hydrogens is 368 g/mol. The number of aromatic amines is 2. The largest absolute Gasteiger partial charge is 0.539 e. The number of hydrogen-bond acceptors (Lipinski definition) is 8. The number of carboxylic acids is 4. The Morgan fingerprint density at radius 3 is 0.963 bits per heavy atom. The SMILES string of the molecule is Nc1cc[nH+]cc1.Nc1cc[nH+]cc1.O.O=C([O-])C(=O)O.O=C([O-])C(=O)O. The van der Waals surface area contributed by atoms with Crippen LogP contribution in [0.2, 0.25) is 0 Å². The predicted octanol–water partition coefficient (Wildman–Crippen LogP) is -5.02. The minimum absolute atomic E-state index is 0. The van der Waals surface area contributed by atoms with Crippen LogP contribution < -0.4 is 31.6 Å². The zero-order chi connectivity index (χ0) is 20.5. The molecule has 2 aromatic heterocycles. The molecule has 2 rings (SSSR count). The summed E-state index contributed by atoms with van der Waals surface area (Å²) in [5, 5.41) is 32.6. The molecule has 0 saturated carbocycles. The zero-order valence-electron chi connectivity index (χ0n) is 13.6. The fourth-order valence-corrected chi connectivity index (χ4v) is 0.800. The lowest BCUT2D eigenvalue weighted by molar-refractivity contribution is -0.378. The number of carbonyl (C=O) groups is 4. The van der Waals surface area contributed by atoms with Gasteiger partial charge in [-0.05, 0) is 0 Å². The Morgan fingerprint density at radius 1 is 0.704 bits per heavy atom. The first-order valence-corrected chi connectivity index (χ1v) is 6.39. The predicted molar refractivity (Wildman–Crippen MR) is 83.7 cm³/mol. The molecule has 0 spiro atoms. The van der Waals surface area contributed by atoms with Gasteiger partial charge in [-0.25, -0.2) is 19.6 Å². The summed E-state index contributed by atoms with van der Waals surface area (Å²) in [4.78, 5) is 41.8. The number of carboxylic acid groups (broad SMARTS) is 4. The highest BCUT2D eigenvalue weighted by Gasteiger charge is 1.90. The summed E-state index contributed by atoms with van der Waals surface area (Å²) in [6, 6.07) is 7.22. The van der Waals surface area contributed by atoms with Crippen LogP contribution in [-0.2, 0) is 19.2 Å². The second-order valence-electron chi connectivity index (χ2n) is 3.85. The number of nitrogens with one attached hydrogen (secondary N) is 2. The highest BCUT2D eigenvalue weighted by Crippen LogP contribution is 1.90. The number of rotatable bonds is 0. The van der Waals surface area contributed by atoms with Crippen LogP contribution in [-0.4, -0.2) is 39.6 Å². The number of carbonyl (C=O) groups excluding carboxylic acids is 2. The van der Waals surface area contributed by atoms with E-state index in [2.05, 4.69) is 9.97 Å². The van der Waals surface area contributed by atoms with Gasteiger partial charge in [0.05, 0.1) is 0 Å². The molecule has 0 aliphatic rings. The van der Waals surface area contributed by atoms with E-state index in [1.54, 1.807) is 49.1 Å². The number of nitrogen functional groups attached to an aromatic ring is 2. The lowest BCUT2D eigenvalue weighted by atomic mass is 10.4. The van der Waals surface area contributed by atoms with E-state index in [1.807, 2.05) is 0 Å². The Hall–Kier alpha value is -4.26. The smallest absolute Gasteiger partial charge is 0.351 e. The Kier molecular flexibility index (Phi) is 16.9. The van der Waals surface area contributed by atoms with Gasteiger partial charge < -0.3 is 47.0 Å². The van der Waals surface area contributed by atoms with E-state index in [4.69, 9.17) is 51.1 Å². The number of hydrogen-bond donors (Lipinski definition) is 4. The fraction of sp³-hybridized carbons (Fsp3) is 0. The van der Waals surface area contributed by atoms with E-state index in [0.717, 1.165) is 11.4 Å². The molecule has 0 radical (unpaired) electrons. The lowest BCUT2D eigenvalue weighted by Crippen LogP contribution is -2.30. The average molecular weight is 386 g/mol. The van der Waals surface area contributed by atoms with E-state index < -0.39 is 23.9 Å². The van der Waals surface area contributed by atoms with Gasteiger partial charge in [0, 0.05) is 35.6 Å². The highest BCUT2D eigenvalue weighted by atomic mass is 16.4. The molecule has 0 aliphatic heterocycles. The van der Waals surface area contributed by atoms with E-state index in [1.165, 1.54) is 0 Å². The Labute approximate surface area is 151 Å². The molecule has 0 bridgehead atoms. The quantitative estimate of drug-likeness (QED) is 0.313. The first-order chi connectivity index (χ1) is 12.1.